The molecular formula is C20H22FN3O2S. The number of sulfonamides is 1. The van der Waals surface area contributed by atoms with Crippen LogP contribution in [0.25, 0.3) is 0 Å². The number of nitrogens with one attached hydrogen (secondary N) is 1. The smallest absolute Gasteiger partial charge is 0.263 e. The number of benzene rings is 2. The van der Waals surface area contributed by atoms with E-state index >= 15 is 0 Å². The molecule has 27 heavy (non-hydrogen) atoms. The Morgan fingerprint density at radius 2 is 1.63 bits per heavy atom. The normalized spacial score (nSPS) is 11.7. The van der Waals surface area contributed by atoms with Crippen molar-refractivity contribution < 1.29 is 12.8 Å². The lowest BCUT2D eigenvalue weighted by molar-refractivity contribution is 0.600. The lowest BCUT2D eigenvalue weighted by Gasteiger charge is -2.08. The number of halogens is 1. The monoisotopic (exact) mass is 387 g/mol. The van der Waals surface area contributed by atoms with Gasteiger partial charge in [0.05, 0.1) is 11.4 Å². The third kappa shape index (κ3) is 5.17. The second-order valence-corrected chi connectivity index (χ2v) is 8.55. The summed E-state index contributed by atoms with van der Waals surface area (Å²) in [5.74, 6) is 0.450. The van der Waals surface area contributed by atoms with E-state index in [1.807, 2.05) is 12.1 Å². The van der Waals surface area contributed by atoms with Crippen LogP contribution >= 0.6 is 0 Å². The molecule has 1 heterocycles. The minimum absolute atomic E-state index is 0.197. The van der Waals surface area contributed by atoms with Gasteiger partial charge in [0.25, 0.3) is 10.0 Å². The molecule has 142 valence electrons. The van der Waals surface area contributed by atoms with Crippen molar-refractivity contribution in [2.24, 2.45) is 5.92 Å². The Balaban J connectivity index is 1.69. The fourth-order valence-corrected chi connectivity index (χ4v) is 3.75. The molecule has 0 radical (unpaired) electrons. The van der Waals surface area contributed by atoms with Gasteiger partial charge in [0.1, 0.15) is 5.82 Å². The average molecular weight is 387 g/mol. The number of rotatable bonds is 7. The van der Waals surface area contributed by atoms with E-state index in [-0.39, 0.29) is 16.5 Å². The van der Waals surface area contributed by atoms with Crippen molar-refractivity contribution in [2.75, 3.05) is 4.72 Å². The highest BCUT2D eigenvalue weighted by molar-refractivity contribution is 7.92. The first-order chi connectivity index (χ1) is 12.8. The fraction of sp³-hybridized carbons (Fsp3) is 0.250. The van der Waals surface area contributed by atoms with E-state index < -0.39 is 10.0 Å². The van der Waals surface area contributed by atoms with Crippen LogP contribution in [0.15, 0.2) is 65.7 Å². The molecule has 0 aliphatic heterocycles. The van der Waals surface area contributed by atoms with Crippen LogP contribution in [0.2, 0.25) is 0 Å². The van der Waals surface area contributed by atoms with Crippen molar-refractivity contribution >= 4 is 15.8 Å². The third-order valence-corrected chi connectivity index (χ3v) is 5.39. The van der Waals surface area contributed by atoms with Gasteiger partial charge in [0, 0.05) is 12.3 Å². The van der Waals surface area contributed by atoms with Gasteiger partial charge in [-0.3, -0.25) is 9.40 Å². The molecule has 2 aromatic carbocycles. The van der Waals surface area contributed by atoms with Crippen LogP contribution in [-0.2, 0) is 23.0 Å². The molecule has 7 heteroatoms. The van der Waals surface area contributed by atoms with Gasteiger partial charge in [0.2, 0.25) is 0 Å². The van der Waals surface area contributed by atoms with Crippen LogP contribution in [0.4, 0.5) is 10.2 Å². The highest BCUT2D eigenvalue weighted by Crippen LogP contribution is 2.17. The fourth-order valence-electron chi connectivity index (χ4n) is 2.75. The molecule has 3 rings (SSSR count). The van der Waals surface area contributed by atoms with Crippen molar-refractivity contribution in [2.45, 2.75) is 31.7 Å². The minimum atomic E-state index is -3.70. The quantitative estimate of drug-likeness (QED) is 0.665. The van der Waals surface area contributed by atoms with E-state index in [0.717, 1.165) is 17.5 Å². The maximum absolute atomic E-state index is 13.0. The summed E-state index contributed by atoms with van der Waals surface area (Å²) in [6, 6.07) is 14.6. The van der Waals surface area contributed by atoms with Crippen molar-refractivity contribution in [3.63, 3.8) is 0 Å². The lowest BCUT2D eigenvalue weighted by Crippen LogP contribution is -2.14. The van der Waals surface area contributed by atoms with Crippen molar-refractivity contribution in [3.8, 4) is 0 Å². The zero-order valence-electron chi connectivity index (χ0n) is 15.3. The van der Waals surface area contributed by atoms with Gasteiger partial charge in [-0.2, -0.15) is 5.10 Å². The summed E-state index contributed by atoms with van der Waals surface area (Å²) in [6.45, 7) is 4.66. The predicted molar refractivity (Wildman–Crippen MR) is 104 cm³/mol. The minimum Gasteiger partial charge on any atom is -0.266 e. The highest BCUT2D eigenvalue weighted by Gasteiger charge is 2.15. The topological polar surface area (TPSA) is 64.0 Å². The van der Waals surface area contributed by atoms with Gasteiger partial charge >= 0.3 is 0 Å². The number of nitrogens with zero attached hydrogens (tertiary/aromatic N) is 2. The Labute approximate surface area is 158 Å². The molecule has 0 unspecified atom stereocenters. The Morgan fingerprint density at radius 3 is 2.26 bits per heavy atom. The van der Waals surface area contributed by atoms with Gasteiger partial charge in [0.15, 0.2) is 5.82 Å². The molecule has 0 atom stereocenters. The second-order valence-electron chi connectivity index (χ2n) is 6.87. The van der Waals surface area contributed by atoms with Crippen LogP contribution in [0.3, 0.4) is 0 Å². The third-order valence-electron chi connectivity index (χ3n) is 4.02. The summed E-state index contributed by atoms with van der Waals surface area (Å²) >= 11 is 0. The molecule has 0 aliphatic rings. The molecule has 5 nitrogen and oxygen atoms in total. The van der Waals surface area contributed by atoms with Gasteiger partial charge in [-0.15, -0.1) is 0 Å². The van der Waals surface area contributed by atoms with Crippen LogP contribution in [-0.4, -0.2) is 18.2 Å². The zero-order valence-corrected chi connectivity index (χ0v) is 16.1. The van der Waals surface area contributed by atoms with Crippen LogP contribution in [0.1, 0.15) is 25.0 Å². The number of anilines is 1. The number of hydrogen-bond donors (Lipinski definition) is 1. The number of hydrogen-bond acceptors (Lipinski definition) is 3. The van der Waals surface area contributed by atoms with E-state index in [2.05, 4.69) is 23.7 Å². The molecule has 0 saturated carbocycles. The van der Waals surface area contributed by atoms with Crippen LogP contribution in [0.5, 0.6) is 0 Å². The van der Waals surface area contributed by atoms with Crippen molar-refractivity contribution in [1.29, 1.82) is 0 Å². The standard InChI is InChI=1S/C20H22FN3O2S/c1-15(2)13-16-5-9-19(10-6-16)27(25,26)23-20-11-12-24(22-20)14-17-3-7-18(21)8-4-17/h3-12,15H,13-14H2,1-2H3,(H,22,23). The average Bonchev–Trinajstić information content (AvgIpc) is 3.03. The highest BCUT2D eigenvalue weighted by atomic mass is 32.2. The molecule has 0 bridgehead atoms. The molecule has 1 N–H and O–H groups in total. The first-order valence-electron chi connectivity index (χ1n) is 8.71. The van der Waals surface area contributed by atoms with Crippen LogP contribution < -0.4 is 4.72 Å². The van der Waals surface area contributed by atoms with Crippen molar-refractivity contribution in [3.05, 3.63) is 77.7 Å². The summed E-state index contributed by atoms with van der Waals surface area (Å²) in [6.07, 6.45) is 2.58. The van der Waals surface area contributed by atoms with Gasteiger partial charge in [-0.05, 0) is 47.7 Å². The largest absolute Gasteiger partial charge is 0.266 e. The molecule has 0 amide bonds. The van der Waals surface area contributed by atoms with Gasteiger partial charge in [-0.1, -0.05) is 38.1 Å². The SMILES string of the molecule is CC(C)Cc1ccc(S(=O)(=O)Nc2ccn(Cc3ccc(F)cc3)n2)cc1. The van der Waals surface area contributed by atoms with Gasteiger partial charge in [-0.25, -0.2) is 12.8 Å². The van der Waals surface area contributed by atoms with E-state index in [0.29, 0.717) is 12.5 Å². The molecule has 3 aromatic rings. The summed E-state index contributed by atoms with van der Waals surface area (Å²) in [5, 5.41) is 4.23. The Bertz CT molecular complexity index is 994. The Kier molecular flexibility index (Phi) is 5.60. The molecular weight excluding hydrogens is 365 g/mol. The zero-order chi connectivity index (χ0) is 19.4. The molecule has 0 spiro atoms. The molecule has 0 fully saturated rings. The lowest BCUT2D eigenvalue weighted by atomic mass is 10.0. The number of aromatic nitrogens is 2. The maximum atomic E-state index is 13.0. The molecule has 1 aromatic heterocycles. The van der Waals surface area contributed by atoms with Crippen molar-refractivity contribution in [1.82, 2.24) is 9.78 Å². The van der Waals surface area contributed by atoms with Gasteiger partial charge < -0.3 is 0 Å². The first kappa shape index (κ1) is 19.1. The second kappa shape index (κ2) is 7.92. The van der Waals surface area contributed by atoms with E-state index in [4.69, 9.17) is 0 Å². The van der Waals surface area contributed by atoms with Crippen LogP contribution in [0, 0.1) is 11.7 Å². The predicted octanol–water partition coefficient (Wildman–Crippen LogP) is 4.07. The summed E-state index contributed by atoms with van der Waals surface area (Å²) in [5.41, 5.74) is 1.97. The molecule has 0 aliphatic carbocycles. The Morgan fingerprint density at radius 1 is 1.00 bits per heavy atom. The maximum Gasteiger partial charge on any atom is 0.263 e. The van der Waals surface area contributed by atoms with E-state index in [1.165, 1.54) is 12.1 Å². The summed E-state index contributed by atoms with van der Waals surface area (Å²) in [4.78, 5) is 0.197. The van der Waals surface area contributed by atoms with E-state index in [9.17, 15) is 12.8 Å². The summed E-state index contributed by atoms with van der Waals surface area (Å²) in [7, 11) is -3.70. The van der Waals surface area contributed by atoms with E-state index in [1.54, 1.807) is 41.2 Å². The first-order valence-corrected chi connectivity index (χ1v) is 10.2. The molecule has 0 saturated heterocycles. The Hall–Kier alpha value is -2.67. The summed E-state index contributed by atoms with van der Waals surface area (Å²) < 4.78 is 42.1.